The van der Waals surface area contributed by atoms with Crippen molar-refractivity contribution in [3.8, 4) is 11.3 Å². The van der Waals surface area contributed by atoms with Gasteiger partial charge in [0.25, 0.3) is 0 Å². The van der Waals surface area contributed by atoms with Crippen LogP contribution in [-0.4, -0.2) is 16.6 Å². The zero-order chi connectivity index (χ0) is 15.4. The number of nitrogens with one attached hydrogen (secondary N) is 1. The molecule has 0 saturated heterocycles. The van der Waals surface area contributed by atoms with E-state index in [1.54, 1.807) is 6.20 Å². The molecule has 0 atom stereocenters. The number of anilines is 1. The molecule has 0 saturated carbocycles. The molecular weight excluding hydrogens is 296 g/mol. The number of aromatic nitrogens is 1. The van der Waals surface area contributed by atoms with E-state index in [9.17, 15) is 5.11 Å². The molecule has 0 radical (unpaired) electrons. The number of aliphatic hydroxyl groups excluding tert-OH is 1. The van der Waals surface area contributed by atoms with Crippen LogP contribution in [0.15, 0.2) is 47.3 Å². The number of benzene rings is 1. The van der Waals surface area contributed by atoms with E-state index in [4.69, 9.17) is 4.42 Å². The number of oxazole rings is 1. The van der Waals surface area contributed by atoms with Gasteiger partial charge in [0.05, 0.1) is 12.8 Å². The Kier molecular flexibility index (Phi) is 4.56. The Labute approximate surface area is 133 Å². The molecule has 3 rings (SSSR count). The first kappa shape index (κ1) is 14.8. The molecule has 2 heterocycles. The van der Waals surface area contributed by atoms with E-state index in [0.717, 1.165) is 29.8 Å². The van der Waals surface area contributed by atoms with Crippen molar-refractivity contribution in [2.75, 3.05) is 11.9 Å². The van der Waals surface area contributed by atoms with Crippen LogP contribution in [0.2, 0.25) is 0 Å². The quantitative estimate of drug-likeness (QED) is 0.725. The van der Waals surface area contributed by atoms with Gasteiger partial charge in [0.2, 0.25) is 0 Å². The van der Waals surface area contributed by atoms with Crippen molar-refractivity contribution in [3.05, 3.63) is 58.2 Å². The highest BCUT2D eigenvalue weighted by Gasteiger charge is 2.08. The minimum Gasteiger partial charge on any atom is -0.444 e. The predicted molar refractivity (Wildman–Crippen MR) is 89.1 cm³/mol. The van der Waals surface area contributed by atoms with Crippen molar-refractivity contribution in [3.63, 3.8) is 0 Å². The van der Waals surface area contributed by atoms with Gasteiger partial charge in [0, 0.05) is 27.5 Å². The average Bonchev–Trinajstić information content (AvgIpc) is 3.19. The maximum atomic E-state index is 9.56. The second-order valence-corrected chi connectivity index (χ2v) is 6.46. The molecule has 0 bridgehead atoms. The van der Waals surface area contributed by atoms with Crippen molar-refractivity contribution < 1.29 is 9.52 Å². The summed E-state index contributed by atoms with van der Waals surface area (Å²) in [5, 5.41) is 13.0. The van der Waals surface area contributed by atoms with Gasteiger partial charge in [-0.1, -0.05) is 0 Å². The third-order valence-electron chi connectivity index (χ3n) is 3.47. The van der Waals surface area contributed by atoms with Crippen LogP contribution in [0.25, 0.3) is 11.3 Å². The Morgan fingerprint density at radius 1 is 1.27 bits per heavy atom. The number of aryl methyl sites for hydroxylation is 1. The lowest BCUT2D eigenvalue weighted by atomic mass is 10.1. The molecule has 0 unspecified atom stereocenters. The highest BCUT2D eigenvalue weighted by molar-refractivity contribution is 7.11. The predicted octanol–water partition coefficient (Wildman–Crippen LogP) is 3.86. The molecule has 1 aromatic carbocycles. The van der Waals surface area contributed by atoms with Crippen molar-refractivity contribution in [2.24, 2.45) is 0 Å². The fourth-order valence-electron chi connectivity index (χ4n) is 2.37. The average molecular weight is 314 g/mol. The Morgan fingerprint density at radius 3 is 2.86 bits per heavy atom. The molecule has 0 aliphatic heterocycles. The molecule has 0 amide bonds. The summed E-state index contributed by atoms with van der Waals surface area (Å²) in [5.74, 6) is 0.671. The second kappa shape index (κ2) is 6.77. The lowest BCUT2D eigenvalue weighted by Crippen LogP contribution is -2.04. The maximum absolute atomic E-state index is 9.56. The zero-order valence-electron chi connectivity index (χ0n) is 12.4. The van der Waals surface area contributed by atoms with Gasteiger partial charge in [0.1, 0.15) is 0 Å². The van der Waals surface area contributed by atoms with Crippen LogP contribution in [0.3, 0.4) is 0 Å². The van der Waals surface area contributed by atoms with E-state index < -0.39 is 0 Å². The van der Waals surface area contributed by atoms with Crippen LogP contribution >= 0.6 is 11.3 Å². The summed E-state index contributed by atoms with van der Waals surface area (Å²) in [5.41, 5.74) is 2.70. The minimum absolute atomic E-state index is 0.0321. The number of thiophene rings is 1. The normalized spacial score (nSPS) is 10.8. The summed E-state index contributed by atoms with van der Waals surface area (Å²) < 4.78 is 5.30. The van der Waals surface area contributed by atoms with Crippen LogP contribution < -0.4 is 5.32 Å². The minimum atomic E-state index is -0.0321. The molecule has 0 spiro atoms. The topological polar surface area (TPSA) is 58.3 Å². The molecule has 2 N–H and O–H groups in total. The van der Waals surface area contributed by atoms with Gasteiger partial charge < -0.3 is 14.8 Å². The van der Waals surface area contributed by atoms with E-state index in [0.29, 0.717) is 5.76 Å². The zero-order valence-corrected chi connectivity index (χ0v) is 13.2. The summed E-state index contributed by atoms with van der Waals surface area (Å²) in [6, 6.07) is 10.2. The smallest absolute Gasteiger partial charge is 0.181 e. The van der Waals surface area contributed by atoms with Crippen molar-refractivity contribution in [2.45, 2.75) is 20.0 Å². The Balaban J connectivity index is 1.67. The summed E-state index contributed by atoms with van der Waals surface area (Å²) >= 11 is 1.83. The van der Waals surface area contributed by atoms with Gasteiger partial charge in [-0.25, -0.2) is 4.98 Å². The molecule has 0 aliphatic rings. The van der Waals surface area contributed by atoms with Gasteiger partial charge >= 0.3 is 0 Å². The monoisotopic (exact) mass is 314 g/mol. The van der Waals surface area contributed by atoms with E-state index in [1.807, 2.05) is 29.5 Å². The lowest BCUT2D eigenvalue weighted by Gasteiger charge is -2.10. The highest BCUT2D eigenvalue weighted by Crippen LogP contribution is 2.26. The van der Waals surface area contributed by atoms with Crippen LogP contribution in [0.5, 0.6) is 0 Å². The summed E-state index contributed by atoms with van der Waals surface area (Å²) in [4.78, 5) is 6.64. The van der Waals surface area contributed by atoms with Gasteiger partial charge in [0.15, 0.2) is 12.2 Å². The molecule has 5 heteroatoms. The first-order chi connectivity index (χ1) is 10.8. The molecule has 3 aromatic rings. The first-order valence-corrected chi connectivity index (χ1v) is 8.00. The van der Waals surface area contributed by atoms with E-state index in [-0.39, 0.29) is 6.61 Å². The highest BCUT2D eigenvalue weighted by atomic mass is 32.1. The van der Waals surface area contributed by atoms with Crippen molar-refractivity contribution in [1.29, 1.82) is 0 Å². The van der Waals surface area contributed by atoms with Gasteiger partial charge in [-0.15, -0.1) is 11.3 Å². The fourth-order valence-corrected chi connectivity index (χ4v) is 3.26. The van der Waals surface area contributed by atoms with E-state index in [2.05, 4.69) is 29.4 Å². The largest absolute Gasteiger partial charge is 0.444 e. The standard InChI is InChI=1S/C17H18N2O2S/c1-12-2-4-15(22-12)6-7-19-14-3-5-16(13(8-14)10-20)17-9-18-11-21-17/h2-5,8-9,11,19-20H,6-7,10H2,1H3. The fraction of sp³-hybridized carbons (Fsp3) is 0.235. The van der Waals surface area contributed by atoms with Gasteiger partial charge in [-0.05, 0) is 49.2 Å². The number of hydrogen-bond donors (Lipinski definition) is 2. The van der Waals surface area contributed by atoms with E-state index in [1.165, 1.54) is 16.1 Å². The molecular formula is C17H18N2O2S. The summed E-state index contributed by atoms with van der Waals surface area (Å²) in [6.45, 7) is 2.96. The lowest BCUT2D eigenvalue weighted by molar-refractivity contribution is 0.282. The molecule has 0 aliphatic carbocycles. The maximum Gasteiger partial charge on any atom is 0.181 e. The van der Waals surface area contributed by atoms with Crippen LogP contribution in [0.4, 0.5) is 5.69 Å². The number of nitrogens with zero attached hydrogens (tertiary/aromatic N) is 1. The van der Waals surface area contributed by atoms with E-state index >= 15 is 0 Å². The van der Waals surface area contributed by atoms with Crippen molar-refractivity contribution in [1.82, 2.24) is 4.98 Å². The van der Waals surface area contributed by atoms with Gasteiger partial charge in [-0.3, -0.25) is 0 Å². The number of rotatable bonds is 6. The Morgan fingerprint density at radius 2 is 2.18 bits per heavy atom. The van der Waals surface area contributed by atoms with Crippen LogP contribution in [-0.2, 0) is 13.0 Å². The third-order valence-corrected chi connectivity index (χ3v) is 4.53. The second-order valence-electron chi connectivity index (χ2n) is 5.08. The van der Waals surface area contributed by atoms with Gasteiger partial charge in [-0.2, -0.15) is 0 Å². The first-order valence-electron chi connectivity index (χ1n) is 7.18. The Hall–Kier alpha value is -2.11. The molecule has 0 fully saturated rings. The van der Waals surface area contributed by atoms with Crippen LogP contribution in [0.1, 0.15) is 15.3 Å². The van der Waals surface area contributed by atoms with Crippen molar-refractivity contribution >= 4 is 17.0 Å². The third kappa shape index (κ3) is 3.37. The molecule has 2 aromatic heterocycles. The Bertz CT molecular complexity index is 735. The molecule has 22 heavy (non-hydrogen) atoms. The van der Waals surface area contributed by atoms with Crippen LogP contribution in [0, 0.1) is 6.92 Å². The molecule has 114 valence electrons. The SMILES string of the molecule is Cc1ccc(CCNc2ccc(-c3cnco3)c(CO)c2)s1. The number of hydrogen-bond acceptors (Lipinski definition) is 5. The number of aliphatic hydroxyl groups is 1. The summed E-state index contributed by atoms with van der Waals surface area (Å²) in [7, 11) is 0. The molecule has 4 nitrogen and oxygen atoms in total. The summed E-state index contributed by atoms with van der Waals surface area (Å²) in [6.07, 6.45) is 4.04.